The second-order valence-electron chi connectivity index (χ2n) is 7.19. The molecule has 3 rings (SSSR count). The molecule has 0 unspecified atom stereocenters. The highest BCUT2D eigenvalue weighted by Crippen LogP contribution is 2.31. The summed E-state index contributed by atoms with van der Waals surface area (Å²) in [5.41, 5.74) is -0.666. The first-order chi connectivity index (χ1) is 12.6. The number of halogens is 4. The lowest BCUT2D eigenvalue weighted by Crippen LogP contribution is -2.37. The molecule has 144 valence electrons. The molecule has 0 radical (unpaired) electrons. The van der Waals surface area contributed by atoms with Crippen molar-refractivity contribution in [2.45, 2.75) is 38.8 Å². The molecular weight excluding hydrogens is 423 g/mol. The van der Waals surface area contributed by atoms with Gasteiger partial charge in [0.25, 0.3) is 12.3 Å². The number of alkyl halides is 2. The Hall–Kier alpha value is -2.09. The Labute approximate surface area is 164 Å². The van der Waals surface area contributed by atoms with Gasteiger partial charge in [0.15, 0.2) is 0 Å². The highest BCUT2D eigenvalue weighted by molar-refractivity contribution is 9.11. The minimum Gasteiger partial charge on any atom is -0.345 e. The first-order valence-electron chi connectivity index (χ1n) is 8.42. The van der Waals surface area contributed by atoms with Crippen LogP contribution in [0.3, 0.4) is 0 Å². The van der Waals surface area contributed by atoms with Crippen molar-refractivity contribution in [3.05, 3.63) is 57.5 Å². The molecule has 0 fully saturated rings. The summed E-state index contributed by atoms with van der Waals surface area (Å²) < 4.78 is 40.9. The minimum atomic E-state index is -2.92. The van der Waals surface area contributed by atoms with E-state index < -0.39 is 29.8 Å². The van der Waals surface area contributed by atoms with E-state index in [2.05, 4.69) is 26.2 Å². The van der Waals surface area contributed by atoms with Crippen molar-refractivity contribution in [2.24, 2.45) is 4.99 Å². The average molecular weight is 442 g/mol. The Bertz CT molecular complexity index is 877. The second-order valence-corrected chi connectivity index (χ2v) is 8.11. The van der Waals surface area contributed by atoms with E-state index in [0.717, 1.165) is 6.07 Å². The molecule has 2 aliphatic heterocycles. The minimum absolute atomic E-state index is 0.0118. The van der Waals surface area contributed by atoms with Gasteiger partial charge in [0.2, 0.25) is 0 Å². The maximum absolute atomic E-state index is 14.4. The number of hydrogen-bond donors (Lipinski definition) is 1. The van der Waals surface area contributed by atoms with Crippen LogP contribution in [0.4, 0.5) is 13.2 Å². The lowest BCUT2D eigenvalue weighted by molar-refractivity contribution is -0.117. The SMILES string of the molecule is C[C@@H](NC(=O)C1=CC(Br)=CN2CC(C)(C)N=C12)c1cccc(C(F)F)c1F. The average Bonchev–Trinajstić information content (AvgIpc) is 2.87. The van der Waals surface area contributed by atoms with Gasteiger partial charge < -0.3 is 10.2 Å². The fourth-order valence-corrected chi connectivity index (χ4v) is 3.66. The summed E-state index contributed by atoms with van der Waals surface area (Å²) in [6, 6.07) is 2.99. The monoisotopic (exact) mass is 441 g/mol. The largest absolute Gasteiger partial charge is 0.345 e. The molecule has 1 amide bonds. The van der Waals surface area contributed by atoms with E-state index in [1.165, 1.54) is 12.1 Å². The lowest BCUT2D eigenvalue weighted by atomic mass is 10.0. The van der Waals surface area contributed by atoms with E-state index >= 15 is 0 Å². The van der Waals surface area contributed by atoms with E-state index in [1.807, 2.05) is 24.9 Å². The zero-order chi connectivity index (χ0) is 19.9. The highest BCUT2D eigenvalue weighted by Gasteiger charge is 2.36. The number of allylic oxidation sites excluding steroid dienone is 2. The number of hydrogen-bond acceptors (Lipinski definition) is 3. The number of carbonyl (C=O) groups excluding carboxylic acids is 1. The number of amides is 1. The molecule has 0 spiro atoms. The predicted octanol–water partition coefficient (Wildman–Crippen LogP) is 4.61. The molecule has 1 atom stereocenters. The number of nitrogens with one attached hydrogen (secondary N) is 1. The third-order valence-corrected chi connectivity index (χ3v) is 4.83. The van der Waals surface area contributed by atoms with Gasteiger partial charge in [0.1, 0.15) is 11.7 Å². The molecule has 27 heavy (non-hydrogen) atoms. The summed E-state index contributed by atoms with van der Waals surface area (Å²) >= 11 is 3.38. The van der Waals surface area contributed by atoms with Gasteiger partial charge in [0, 0.05) is 22.8 Å². The summed E-state index contributed by atoms with van der Waals surface area (Å²) in [5.74, 6) is -0.912. The number of rotatable bonds is 4. The first kappa shape index (κ1) is 19.7. The molecule has 0 bridgehead atoms. The van der Waals surface area contributed by atoms with Gasteiger partial charge in [-0.1, -0.05) is 18.2 Å². The van der Waals surface area contributed by atoms with Crippen molar-refractivity contribution in [3.63, 3.8) is 0 Å². The van der Waals surface area contributed by atoms with Crippen LogP contribution in [0.1, 0.15) is 44.4 Å². The summed E-state index contributed by atoms with van der Waals surface area (Å²) in [6.07, 6.45) is 0.572. The fourth-order valence-electron chi connectivity index (χ4n) is 3.18. The Morgan fingerprint density at radius 3 is 2.67 bits per heavy atom. The van der Waals surface area contributed by atoms with Crippen LogP contribution in [0, 0.1) is 5.82 Å². The van der Waals surface area contributed by atoms with E-state index in [9.17, 15) is 18.0 Å². The normalized spacial score (nSPS) is 19.3. The standard InChI is InChI=1S/C19H19BrF3N3O/c1-10(12-5-4-6-13(15(12)21)16(22)23)24-18(27)14-7-11(20)8-26-9-19(2,3)25-17(14)26/h4-8,10,16H,9H2,1-3H3,(H,24,27)/t10-/m1/s1. The van der Waals surface area contributed by atoms with Crippen molar-refractivity contribution in [3.8, 4) is 0 Å². The van der Waals surface area contributed by atoms with Crippen molar-refractivity contribution in [1.29, 1.82) is 0 Å². The quantitative estimate of drug-likeness (QED) is 0.741. The van der Waals surface area contributed by atoms with Crippen LogP contribution in [0.2, 0.25) is 0 Å². The van der Waals surface area contributed by atoms with E-state index in [-0.39, 0.29) is 11.1 Å². The van der Waals surface area contributed by atoms with E-state index in [0.29, 0.717) is 22.4 Å². The number of fused-ring (bicyclic) bond motifs is 1. The molecule has 8 heteroatoms. The summed E-state index contributed by atoms with van der Waals surface area (Å²) in [4.78, 5) is 19.3. The highest BCUT2D eigenvalue weighted by atomic mass is 79.9. The molecule has 4 nitrogen and oxygen atoms in total. The smallest absolute Gasteiger partial charge is 0.266 e. The van der Waals surface area contributed by atoms with Crippen molar-refractivity contribution in [1.82, 2.24) is 10.2 Å². The number of aliphatic imine (C=N–C) groups is 1. The zero-order valence-electron chi connectivity index (χ0n) is 15.1. The predicted molar refractivity (Wildman–Crippen MR) is 101 cm³/mol. The molecule has 0 saturated carbocycles. The summed E-state index contributed by atoms with van der Waals surface area (Å²) in [7, 11) is 0. The van der Waals surface area contributed by atoms with Crippen molar-refractivity contribution < 1.29 is 18.0 Å². The summed E-state index contributed by atoms with van der Waals surface area (Å²) in [6.45, 7) is 6.10. The Morgan fingerprint density at radius 2 is 2.00 bits per heavy atom. The van der Waals surface area contributed by atoms with Gasteiger partial charge in [-0.15, -0.1) is 0 Å². The molecule has 1 N–H and O–H groups in total. The van der Waals surface area contributed by atoms with Crippen LogP contribution in [0.5, 0.6) is 0 Å². The topological polar surface area (TPSA) is 44.7 Å². The van der Waals surface area contributed by atoms with Gasteiger partial charge in [-0.25, -0.2) is 13.2 Å². The fraction of sp³-hybridized carbons (Fsp3) is 0.368. The molecule has 1 aromatic rings. The van der Waals surface area contributed by atoms with Crippen LogP contribution in [0.15, 0.2) is 45.5 Å². The van der Waals surface area contributed by atoms with E-state index in [4.69, 9.17) is 0 Å². The van der Waals surface area contributed by atoms with Crippen LogP contribution in [0.25, 0.3) is 0 Å². The zero-order valence-corrected chi connectivity index (χ0v) is 16.6. The third-order valence-electron chi connectivity index (χ3n) is 4.39. The molecule has 1 aromatic carbocycles. The number of carbonyl (C=O) groups is 1. The van der Waals surface area contributed by atoms with Crippen LogP contribution < -0.4 is 5.32 Å². The first-order valence-corrected chi connectivity index (χ1v) is 9.21. The van der Waals surface area contributed by atoms with Crippen molar-refractivity contribution >= 4 is 27.7 Å². The second kappa shape index (κ2) is 7.14. The van der Waals surface area contributed by atoms with Gasteiger partial charge >= 0.3 is 0 Å². The summed E-state index contributed by atoms with van der Waals surface area (Å²) in [5, 5.41) is 2.69. The van der Waals surface area contributed by atoms with E-state index in [1.54, 1.807) is 13.0 Å². The molecule has 2 aliphatic rings. The van der Waals surface area contributed by atoms with Gasteiger partial charge in [-0.3, -0.25) is 9.79 Å². The van der Waals surface area contributed by atoms with Gasteiger partial charge in [0.05, 0.1) is 22.7 Å². The number of benzene rings is 1. The molecule has 0 saturated heterocycles. The van der Waals surface area contributed by atoms with Gasteiger partial charge in [-0.05, 0) is 42.8 Å². The van der Waals surface area contributed by atoms with Gasteiger partial charge in [-0.2, -0.15) is 0 Å². The molecule has 0 aromatic heterocycles. The molecule has 0 aliphatic carbocycles. The van der Waals surface area contributed by atoms with Crippen molar-refractivity contribution in [2.75, 3.05) is 6.54 Å². The Balaban J connectivity index is 1.85. The Kier molecular flexibility index (Phi) is 5.20. The third kappa shape index (κ3) is 3.95. The maximum Gasteiger partial charge on any atom is 0.266 e. The van der Waals surface area contributed by atoms with Crippen LogP contribution in [-0.2, 0) is 4.79 Å². The van der Waals surface area contributed by atoms with Crippen LogP contribution in [-0.4, -0.2) is 28.7 Å². The molecule has 2 heterocycles. The number of nitrogens with zero attached hydrogens (tertiary/aromatic N) is 2. The Morgan fingerprint density at radius 1 is 1.33 bits per heavy atom. The number of amidine groups is 1. The van der Waals surface area contributed by atoms with Crippen LogP contribution >= 0.6 is 15.9 Å². The molecular formula is C19H19BrF3N3O. The lowest BCUT2D eigenvalue weighted by Gasteiger charge is -2.24. The maximum atomic E-state index is 14.4.